The molecule has 0 unspecified atom stereocenters. The van der Waals surface area contributed by atoms with E-state index >= 15 is 0 Å². The van der Waals surface area contributed by atoms with Gasteiger partial charge in [0.25, 0.3) is 0 Å². The van der Waals surface area contributed by atoms with E-state index in [0.717, 1.165) is 35.0 Å². The number of fused-ring (bicyclic) bond motifs is 1. The third kappa shape index (κ3) is 3.58. The number of halogens is 1. The molecule has 1 aliphatic rings. The first-order valence-corrected chi connectivity index (χ1v) is 11.0. The van der Waals surface area contributed by atoms with Gasteiger partial charge in [-0.05, 0) is 63.9 Å². The average Bonchev–Trinajstić information content (AvgIpc) is 3.46. The van der Waals surface area contributed by atoms with E-state index in [0.29, 0.717) is 24.1 Å². The van der Waals surface area contributed by atoms with Crippen LogP contribution in [0.15, 0.2) is 48.8 Å². The monoisotopic (exact) mass is 418 g/mol. The van der Waals surface area contributed by atoms with Crippen molar-refractivity contribution in [1.82, 2.24) is 24.3 Å². The van der Waals surface area contributed by atoms with Crippen LogP contribution in [0.4, 0.5) is 10.2 Å². The molecule has 0 saturated carbocycles. The normalized spacial score (nSPS) is 18.9. The molecule has 2 atom stereocenters. The highest BCUT2D eigenvalue weighted by Gasteiger charge is 2.28. The van der Waals surface area contributed by atoms with Gasteiger partial charge in [0.05, 0.1) is 23.3 Å². The van der Waals surface area contributed by atoms with Gasteiger partial charge in [-0.3, -0.25) is 4.68 Å². The van der Waals surface area contributed by atoms with Gasteiger partial charge in [-0.15, -0.1) is 0 Å². The van der Waals surface area contributed by atoms with Crippen molar-refractivity contribution in [2.45, 2.75) is 58.8 Å². The number of aromatic nitrogens is 5. The van der Waals surface area contributed by atoms with Crippen molar-refractivity contribution < 1.29 is 4.39 Å². The summed E-state index contributed by atoms with van der Waals surface area (Å²) in [5.41, 5.74) is 3.37. The van der Waals surface area contributed by atoms with Crippen LogP contribution in [0.3, 0.4) is 0 Å². The van der Waals surface area contributed by atoms with Gasteiger partial charge in [0.1, 0.15) is 17.5 Å². The molecule has 160 valence electrons. The van der Waals surface area contributed by atoms with E-state index in [1.54, 1.807) is 6.07 Å². The van der Waals surface area contributed by atoms with Crippen molar-refractivity contribution in [3.05, 3.63) is 60.3 Å². The Morgan fingerprint density at radius 1 is 1.06 bits per heavy atom. The Hall–Kier alpha value is -3.22. The van der Waals surface area contributed by atoms with Crippen LogP contribution in [-0.2, 0) is 13.1 Å². The fourth-order valence-electron chi connectivity index (χ4n) is 4.63. The van der Waals surface area contributed by atoms with Crippen LogP contribution in [0.2, 0.25) is 0 Å². The van der Waals surface area contributed by atoms with Gasteiger partial charge in [-0.1, -0.05) is 0 Å². The fraction of sp³-hybridized carbons (Fsp3) is 0.375. The summed E-state index contributed by atoms with van der Waals surface area (Å²) in [7, 11) is 0. The van der Waals surface area contributed by atoms with Gasteiger partial charge in [0, 0.05) is 42.7 Å². The molecule has 1 aromatic carbocycles. The van der Waals surface area contributed by atoms with E-state index in [9.17, 15) is 4.39 Å². The number of benzene rings is 1. The van der Waals surface area contributed by atoms with Crippen LogP contribution >= 0.6 is 0 Å². The average molecular weight is 419 g/mol. The van der Waals surface area contributed by atoms with Crippen molar-refractivity contribution in [3.63, 3.8) is 0 Å². The summed E-state index contributed by atoms with van der Waals surface area (Å²) in [6.45, 7) is 7.95. The summed E-state index contributed by atoms with van der Waals surface area (Å²) < 4.78 is 17.9. The van der Waals surface area contributed by atoms with Crippen molar-refractivity contribution in [2.24, 2.45) is 0 Å². The van der Waals surface area contributed by atoms with Crippen molar-refractivity contribution in [1.29, 1.82) is 0 Å². The Morgan fingerprint density at radius 3 is 2.55 bits per heavy atom. The Morgan fingerprint density at radius 2 is 1.87 bits per heavy atom. The number of hydrogen-bond acceptors (Lipinski definition) is 4. The Balaban J connectivity index is 1.55. The van der Waals surface area contributed by atoms with Crippen LogP contribution < -0.4 is 4.90 Å². The lowest BCUT2D eigenvalue weighted by Crippen LogP contribution is -2.33. The standard InChI is InChI=1S/C24H27FN6/c1-4-29-12-11-20(28-29)15-30-22-9-8-19(25)13-21(22)27-24(30)18-7-10-23(26-14-18)31-16(2)5-6-17(31)3/h7-14,16-17H,4-6,15H2,1-3H3/t16-,17-/m0/s1. The summed E-state index contributed by atoms with van der Waals surface area (Å²) in [4.78, 5) is 11.9. The maximum atomic E-state index is 13.9. The Bertz CT molecular complexity index is 1200. The molecule has 4 heterocycles. The lowest BCUT2D eigenvalue weighted by Gasteiger charge is -2.27. The van der Waals surface area contributed by atoms with Crippen LogP contribution in [0, 0.1) is 5.82 Å². The van der Waals surface area contributed by atoms with Gasteiger partial charge < -0.3 is 9.47 Å². The molecule has 7 heteroatoms. The van der Waals surface area contributed by atoms with Crippen LogP contribution in [0.5, 0.6) is 0 Å². The third-order valence-electron chi connectivity index (χ3n) is 6.27. The second-order valence-corrected chi connectivity index (χ2v) is 8.41. The third-order valence-corrected chi connectivity index (χ3v) is 6.27. The number of nitrogens with zero attached hydrogens (tertiary/aromatic N) is 6. The second kappa shape index (κ2) is 7.80. The van der Waals surface area contributed by atoms with E-state index in [1.165, 1.54) is 25.0 Å². The van der Waals surface area contributed by atoms with E-state index in [-0.39, 0.29) is 5.82 Å². The summed E-state index contributed by atoms with van der Waals surface area (Å²) in [5, 5.41) is 4.62. The topological polar surface area (TPSA) is 51.8 Å². The van der Waals surface area contributed by atoms with Gasteiger partial charge in [-0.25, -0.2) is 14.4 Å². The van der Waals surface area contributed by atoms with Crippen molar-refractivity contribution in [3.8, 4) is 11.4 Å². The number of aryl methyl sites for hydroxylation is 1. The predicted molar refractivity (Wildman–Crippen MR) is 121 cm³/mol. The van der Waals surface area contributed by atoms with Crippen LogP contribution in [-0.4, -0.2) is 36.4 Å². The summed E-state index contributed by atoms with van der Waals surface area (Å²) >= 11 is 0. The molecule has 0 N–H and O–H groups in total. The maximum absolute atomic E-state index is 13.9. The number of rotatable bonds is 5. The summed E-state index contributed by atoms with van der Waals surface area (Å²) in [6.07, 6.45) is 6.24. The number of anilines is 1. The van der Waals surface area contributed by atoms with Gasteiger partial charge in [0.15, 0.2) is 0 Å². The molecular formula is C24H27FN6. The van der Waals surface area contributed by atoms with E-state index in [4.69, 9.17) is 9.97 Å². The first-order chi connectivity index (χ1) is 15.0. The molecule has 6 nitrogen and oxygen atoms in total. The molecule has 3 aromatic heterocycles. The highest BCUT2D eigenvalue weighted by Crippen LogP contribution is 2.31. The second-order valence-electron chi connectivity index (χ2n) is 8.41. The maximum Gasteiger partial charge on any atom is 0.143 e. The number of imidazole rings is 1. The van der Waals surface area contributed by atoms with Gasteiger partial charge in [-0.2, -0.15) is 5.10 Å². The van der Waals surface area contributed by atoms with E-state index < -0.39 is 0 Å². The number of hydrogen-bond donors (Lipinski definition) is 0. The molecule has 4 aromatic rings. The van der Waals surface area contributed by atoms with Crippen molar-refractivity contribution >= 4 is 16.9 Å². The molecule has 0 spiro atoms. The smallest absolute Gasteiger partial charge is 0.143 e. The van der Waals surface area contributed by atoms with E-state index in [1.807, 2.05) is 23.1 Å². The fourth-order valence-corrected chi connectivity index (χ4v) is 4.63. The SMILES string of the molecule is CCn1ccc(Cn2c(-c3ccc(N4[C@@H](C)CC[C@@H]4C)nc3)nc3cc(F)ccc32)n1. The number of pyridine rings is 1. The molecule has 1 saturated heterocycles. The zero-order valence-electron chi connectivity index (χ0n) is 18.2. The Labute approximate surface area is 181 Å². The molecule has 31 heavy (non-hydrogen) atoms. The van der Waals surface area contributed by atoms with E-state index in [2.05, 4.69) is 47.5 Å². The quantitative estimate of drug-likeness (QED) is 0.464. The molecule has 0 radical (unpaired) electrons. The van der Waals surface area contributed by atoms with Gasteiger partial charge in [0.2, 0.25) is 0 Å². The first kappa shape index (κ1) is 19.7. The predicted octanol–water partition coefficient (Wildman–Crippen LogP) is 4.88. The van der Waals surface area contributed by atoms with Gasteiger partial charge >= 0.3 is 0 Å². The summed E-state index contributed by atoms with van der Waals surface area (Å²) in [5.74, 6) is 1.48. The van der Waals surface area contributed by atoms with Crippen molar-refractivity contribution in [2.75, 3.05) is 4.90 Å². The largest absolute Gasteiger partial charge is 0.351 e. The van der Waals surface area contributed by atoms with Crippen LogP contribution in [0.1, 0.15) is 39.3 Å². The molecule has 1 fully saturated rings. The first-order valence-electron chi connectivity index (χ1n) is 11.0. The molecule has 0 amide bonds. The minimum absolute atomic E-state index is 0.288. The molecule has 0 aliphatic carbocycles. The summed E-state index contributed by atoms with van der Waals surface area (Å²) in [6, 6.07) is 11.9. The zero-order chi connectivity index (χ0) is 21.5. The minimum Gasteiger partial charge on any atom is -0.351 e. The zero-order valence-corrected chi connectivity index (χ0v) is 18.2. The highest BCUT2D eigenvalue weighted by molar-refractivity contribution is 5.81. The van der Waals surface area contributed by atoms with Crippen LogP contribution in [0.25, 0.3) is 22.4 Å². The molecule has 1 aliphatic heterocycles. The lowest BCUT2D eigenvalue weighted by atomic mass is 10.2. The Kier molecular flexibility index (Phi) is 4.96. The molecular weight excluding hydrogens is 391 g/mol. The lowest BCUT2D eigenvalue weighted by molar-refractivity contribution is 0.629. The molecule has 0 bridgehead atoms. The minimum atomic E-state index is -0.288. The molecule has 5 rings (SSSR count). The highest BCUT2D eigenvalue weighted by atomic mass is 19.1.